The van der Waals surface area contributed by atoms with Crippen molar-refractivity contribution in [2.75, 3.05) is 0 Å². The topological polar surface area (TPSA) is 38.7 Å². The van der Waals surface area contributed by atoms with E-state index >= 15 is 0 Å². The smallest absolute Gasteiger partial charge is 0.160 e. The molecular formula is C55H37N3S. The van der Waals surface area contributed by atoms with Gasteiger partial charge in [-0.25, -0.2) is 9.97 Å². The first-order valence-corrected chi connectivity index (χ1v) is 21.1. The third-order valence-electron chi connectivity index (χ3n) is 12.9. The second-order valence-electron chi connectivity index (χ2n) is 16.3. The van der Waals surface area contributed by atoms with E-state index in [1.165, 1.54) is 76.6 Å². The lowest BCUT2D eigenvalue weighted by Crippen LogP contribution is -2.35. The van der Waals surface area contributed by atoms with E-state index in [-0.39, 0.29) is 5.41 Å². The minimum Gasteiger partial charge on any atom is -0.264 e. The summed E-state index contributed by atoms with van der Waals surface area (Å²) in [5.41, 5.74) is 19.4. The molecule has 0 amide bonds. The van der Waals surface area contributed by atoms with Crippen LogP contribution in [0.5, 0.6) is 0 Å². The highest BCUT2D eigenvalue weighted by Gasteiger charge is 2.50. The second-order valence-corrected chi connectivity index (χ2v) is 17.4. The average molecular weight is 772 g/mol. The fraction of sp³-hybridized carbons (Fsp3) is 0.0727. The van der Waals surface area contributed by atoms with E-state index in [0.29, 0.717) is 5.82 Å². The molecule has 1 spiro atoms. The highest BCUT2D eigenvalue weighted by molar-refractivity contribution is 7.99. The van der Waals surface area contributed by atoms with Crippen LogP contribution in [0.1, 0.15) is 47.2 Å². The van der Waals surface area contributed by atoms with Crippen LogP contribution in [0.3, 0.4) is 0 Å². The molecule has 0 saturated heterocycles. The van der Waals surface area contributed by atoms with E-state index in [1.54, 1.807) is 6.20 Å². The molecule has 1 atom stereocenters. The van der Waals surface area contributed by atoms with Gasteiger partial charge in [0.15, 0.2) is 5.82 Å². The summed E-state index contributed by atoms with van der Waals surface area (Å²) in [5, 5.41) is 0. The fourth-order valence-corrected chi connectivity index (χ4v) is 11.4. The van der Waals surface area contributed by atoms with Crippen molar-refractivity contribution < 1.29 is 0 Å². The van der Waals surface area contributed by atoms with E-state index in [4.69, 9.17) is 9.97 Å². The van der Waals surface area contributed by atoms with Gasteiger partial charge in [-0.3, -0.25) is 4.98 Å². The van der Waals surface area contributed by atoms with Gasteiger partial charge in [0.05, 0.1) is 16.8 Å². The molecule has 2 aliphatic carbocycles. The normalized spacial score (nSPS) is 16.1. The van der Waals surface area contributed by atoms with Gasteiger partial charge in [-0.1, -0.05) is 159 Å². The molecular weight excluding hydrogens is 735 g/mol. The van der Waals surface area contributed by atoms with Crippen LogP contribution in [0.4, 0.5) is 0 Å². The number of rotatable bonds is 3. The van der Waals surface area contributed by atoms with Crippen LogP contribution < -0.4 is 0 Å². The Morgan fingerprint density at radius 1 is 0.390 bits per heavy atom. The SMILES string of the molecule is CC1(C)c2ccccc2-c2cc3c(cc21)Sc1ccccc1C31c2ccccc2-c2ccccc2-c2ccc(-c3cc(-c4cccnc4)nc(-c4ccccc4)n3)cc21. The maximum Gasteiger partial charge on any atom is 0.160 e. The van der Waals surface area contributed by atoms with Crippen molar-refractivity contribution in [1.29, 1.82) is 0 Å². The molecule has 3 heterocycles. The zero-order valence-electron chi connectivity index (χ0n) is 32.6. The molecule has 0 saturated carbocycles. The van der Waals surface area contributed by atoms with E-state index in [2.05, 4.69) is 170 Å². The summed E-state index contributed by atoms with van der Waals surface area (Å²) in [6.07, 6.45) is 3.69. The van der Waals surface area contributed by atoms with Crippen LogP contribution >= 0.6 is 11.8 Å². The minimum absolute atomic E-state index is 0.121. The molecule has 278 valence electrons. The second kappa shape index (κ2) is 12.8. The van der Waals surface area contributed by atoms with Crippen LogP contribution in [0, 0.1) is 0 Å². The molecule has 12 rings (SSSR count). The van der Waals surface area contributed by atoms with Crippen molar-refractivity contribution in [3.63, 3.8) is 0 Å². The van der Waals surface area contributed by atoms with Crippen LogP contribution in [0.15, 0.2) is 198 Å². The molecule has 2 aromatic heterocycles. The van der Waals surface area contributed by atoms with E-state index in [9.17, 15) is 0 Å². The minimum atomic E-state index is -0.670. The first-order chi connectivity index (χ1) is 29.0. The van der Waals surface area contributed by atoms with Crippen LogP contribution in [0.2, 0.25) is 0 Å². The summed E-state index contributed by atoms with van der Waals surface area (Å²) in [5.74, 6) is 0.684. The Morgan fingerprint density at radius 3 is 1.75 bits per heavy atom. The molecule has 3 aliphatic rings. The summed E-state index contributed by atoms with van der Waals surface area (Å²) in [7, 11) is 0. The van der Waals surface area contributed by atoms with Crippen molar-refractivity contribution >= 4 is 11.8 Å². The van der Waals surface area contributed by atoms with Crippen molar-refractivity contribution in [2.24, 2.45) is 0 Å². The summed E-state index contributed by atoms with van der Waals surface area (Å²) in [6.45, 7) is 4.76. The van der Waals surface area contributed by atoms with Gasteiger partial charge in [-0.05, 0) is 109 Å². The predicted octanol–water partition coefficient (Wildman–Crippen LogP) is 13.7. The summed E-state index contributed by atoms with van der Waals surface area (Å²) in [4.78, 5) is 17.5. The van der Waals surface area contributed by atoms with Gasteiger partial charge in [0, 0.05) is 44.3 Å². The van der Waals surface area contributed by atoms with Gasteiger partial charge in [0.25, 0.3) is 0 Å². The quantitative estimate of drug-likeness (QED) is 0.179. The number of hydrogen-bond acceptors (Lipinski definition) is 4. The monoisotopic (exact) mass is 771 g/mol. The molecule has 1 unspecified atom stereocenters. The van der Waals surface area contributed by atoms with Gasteiger partial charge in [0.1, 0.15) is 0 Å². The van der Waals surface area contributed by atoms with Gasteiger partial charge < -0.3 is 0 Å². The molecule has 7 aromatic carbocycles. The maximum absolute atomic E-state index is 5.34. The Hall–Kier alpha value is -6.88. The van der Waals surface area contributed by atoms with Crippen LogP contribution in [-0.4, -0.2) is 15.0 Å². The third-order valence-corrected chi connectivity index (χ3v) is 14.0. The first kappa shape index (κ1) is 34.2. The van der Waals surface area contributed by atoms with E-state index < -0.39 is 5.41 Å². The lowest BCUT2D eigenvalue weighted by Gasteiger charge is -2.43. The van der Waals surface area contributed by atoms with Crippen molar-refractivity contribution in [3.05, 3.63) is 222 Å². The number of nitrogens with zero attached hydrogens (tertiary/aromatic N) is 3. The molecule has 0 fully saturated rings. The molecule has 4 heteroatoms. The molecule has 0 radical (unpaired) electrons. The van der Waals surface area contributed by atoms with Crippen molar-refractivity contribution in [3.8, 4) is 67.3 Å². The Kier molecular flexibility index (Phi) is 7.42. The highest BCUT2D eigenvalue weighted by atomic mass is 32.2. The van der Waals surface area contributed by atoms with Gasteiger partial charge in [0.2, 0.25) is 0 Å². The maximum atomic E-state index is 5.34. The summed E-state index contributed by atoms with van der Waals surface area (Å²) >= 11 is 1.91. The first-order valence-electron chi connectivity index (χ1n) is 20.3. The van der Waals surface area contributed by atoms with Gasteiger partial charge in [-0.2, -0.15) is 0 Å². The van der Waals surface area contributed by atoms with E-state index in [1.807, 2.05) is 42.2 Å². The van der Waals surface area contributed by atoms with Crippen molar-refractivity contribution in [2.45, 2.75) is 34.5 Å². The largest absolute Gasteiger partial charge is 0.264 e. The molecule has 3 nitrogen and oxygen atoms in total. The Bertz CT molecular complexity index is 3110. The van der Waals surface area contributed by atoms with Gasteiger partial charge >= 0.3 is 0 Å². The van der Waals surface area contributed by atoms with Crippen LogP contribution in [0.25, 0.3) is 67.3 Å². The Morgan fingerprint density at radius 2 is 1.00 bits per heavy atom. The van der Waals surface area contributed by atoms with Crippen molar-refractivity contribution in [1.82, 2.24) is 15.0 Å². The average Bonchev–Trinajstić information content (AvgIpc) is 3.46. The van der Waals surface area contributed by atoms with E-state index in [0.717, 1.165) is 28.1 Å². The van der Waals surface area contributed by atoms with Crippen LogP contribution in [-0.2, 0) is 10.8 Å². The molecule has 0 bridgehead atoms. The fourth-order valence-electron chi connectivity index (χ4n) is 10.2. The lowest BCUT2D eigenvalue weighted by atomic mass is 9.62. The molecule has 1 aliphatic heterocycles. The third kappa shape index (κ3) is 4.93. The Balaban J connectivity index is 1.22. The molecule has 59 heavy (non-hydrogen) atoms. The number of fused-ring (bicyclic) bond motifs is 14. The number of hydrogen-bond donors (Lipinski definition) is 0. The number of pyridine rings is 1. The highest BCUT2D eigenvalue weighted by Crippen LogP contribution is 2.63. The standard InChI is InChI=1S/C55H37N3S/c1-54(2)43-22-10-8-21-40(43)42-30-48-52(31-46(42)54)59-51-25-13-12-24-45(51)55(48)44-23-11-9-20-39(44)37-18-6-7-19-38(37)41-27-26-35(29-47(41)55)49-32-50(36-17-14-28-56-33-36)58-53(57-49)34-15-4-3-5-16-34/h3-33H,1-2H3. The zero-order valence-corrected chi connectivity index (χ0v) is 33.5. The number of benzene rings is 7. The summed E-state index contributed by atoms with van der Waals surface area (Å²) in [6, 6.07) is 64.8. The predicted molar refractivity (Wildman–Crippen MR) is 241 cm³/mol. The molecule has 9 aromatic rings. The Labute approximate surface area is 348 Å². The van der Waals surface area contributed by atoms with Gasteiger partial charge in [-0.15, -0.1) is 0 Å². The number of aromatic nitrogens is 3. The zero-order chi connectivity index (χ0) is 39.3. The molecule has 0 N–H and O–H groups in total. The summed E-state index contributed by atoms with van der Waals surface area (Å²) < 4.78 is 0. The lowest BCUT2D eigenvalue weighted by molar-refractivity contribution is 0.653.